The summed E-state index contributed by atoms with van der Waals surface area (Å²) < 4.78 is 1.69. The van der Waals surface area contributed by atoms with E-state index in [1.165, 1.54) is 0 Å². The van der Waals surface area contributed by atoms with Crippen LogP contribution < -0.4 is 10.6 Å². The zero-order valence-electron chi connectivity index (χ0n) is 11.4. The summed E-state index contributed by atoms with van der Waals surface area (Å²) in [6.45, 7) is 2.62. The molecule has 0 fully saturated rings. The molecule has 1 heterocycles. The molecule has 0 spiro atoms. The van der Waals surface area contributed by atoms with Gasteiger partial charge in [-0.1, -0.05) is 18.2 Å². The molecular formula is C14H18N4O. The molecule has 0 saturated carbocycles. The number of anilines is 1. The molecule has 0 bridgehead atoms. The normalized spacial score (nSPS) is 10.5. The number of aryl methyl sites for hydroxylation is 2. The molecule has 0 atom stereocenters. The first-order chi connectivity index (χ1) is 9.11. The van der Waals surface area contributed by atoms with Gasteiger partial charge in [-0.3, -0.25) is 9.48 Å². The Bertz CT molecular complexity index is 569. The van der Waals surface area contributed by atoms with Crippen LogP contribution in [-0.4, -0.2) is 22.7 Å². The third-order valence-corrected chi connectivity index (χ3v) is 2.98. The van der Waals surface area contributed by atoms with E-state index in [1.807, 2.05) is 45.3 Å². The minimum Gasteiger partial charge on any atom is -0.320 e. The van der Waals surface area contributed by atoms with Crippen molar-refractivity contribution in [3.8, 4) is 0 Å². The molecule has 1 amide bonds. The maximum atomic E-state index is 12.1. The van der Waals surface area contributed by atoms with Crippen LogP contribution >= 0.6 is 0 Å². The van der Waals surface area contributed by atoms with Crippen molar-refractivity contribution in [3.05, 3.63) is 47.3 Å². The third-order valence-electron chi connectivity index (χ3n) is 2.98. The van der Waals surface area contributed by atoms with Crippen LogP contribution in [0.15, 0.2) is 30.3 Å². The number of para-hydroxylation sites is 1. The number of carbonyl (C=O) groups excluding carboxylic acids is 1. The maximum Gasteiger partial charge on any atom is 0.276 e. The predicted molar refractivity (Wildman–Crippen MR) is 75.1 cm³/mol. The van der Waals surface area contributed by atoms with Gasteiger partial charge in [-0.25, -0.2) is 0 Å². The summed E-state index contributed by atoms with van der Waals surface area (Å²) in [6.07, 6.45) is 0. The summed E-state index contributed by atoms with van der Waals surface area (Å²) in [5, 5.41) is 10.1. The summed E-state index contributed by atoms with van der Waals surface area (Å²) in [4.78, 5) is 12.1. The minimum atomic E-state index is -0.188. The number of benzene rings is 1. The van der Waals surface area contributed by atoms with Crippen LogP contribution in [0.5, 0.6) is 0 Å². The van der Waals surface area contributed by atoms with Crippen LogP contribution in [0.1, 0.15) is 21.7 Å². The van der Waals surface area contributed by atoms with Gasteiger partial charge in [0.15, 0.2) is 5.69 Å². The maximum absolute atomic E-state index is 12.1. The molecule has 1 aromatic heterocycles. The molecule has 0 saturated heterocycles. The van der Waals surface area contributed by atoms with Crippen molar-refractivity contribution in [3.63, 3.8) is 0 Å². The monoisotopic (exact) mass is 258 g/mol. The number of nitrogens with one attached hydrogen (secondary N) is 2. The molecule has 2 aromatic rings. The largest absolute Gasteiger partial charge is 0.320 e. The van der Waals surface area contributed by atoms with Crippen LogP contribution in [0.4, 0.5) is 5.69 Å². The first-order valence-corrected chi connectivity index (χ1v) is 6.16. The van der Waals surface area contributed by atoms with Crippen molar-refractivity contribution in [2.24, 2.45) is 7.05 Å². The van der Waals surface area contributed by atoms with Crippen molar-refractivity contribution in [1.82, 2.24) is 15.1 Å². The van der Waals surface area contributed by atoms with Crippen LogP contribution in [0.2, 0.25) is 0 Å². The number of rotatable bonds is 4. The minimum absolute atomic E-state index is 0.188. The molecule has 1 aromatic carbocycles. The van der Waals surface area contributed by atoms with Crippen molar-refractivity contribution >= 4 is 11.6 Å². The van der Waals surface area contributed by atoms with Crippen molar-refractivity contribution in [2.75, 3.05) is 12.4 Å². The molecule has 5 nitrogen and oxygen atoms in total. The third kappa shape index (κ3) is 3.00. The summed E-state index contributed by atoms with van der Waals surface area (Å²) in [7, 11) is 3.70. The van der Waals surface area contributed by atoms with Gasteiger partial charge in [0, 0.05) is 25.0 Å². The molecule has 100 valence electrons. The van der Waals surface area contributed by atoms with Gasteiger partial charge in [0.2, 0.25) is 0 Å². The first-order valence-electron chi connectivity index (χ1n) is 6.16. The molecule has 0 aliphatic rings. The summed E-state index contributed by atoms with van der Waals surface area (Å²) in [5.74, 6) is -0.188. The van der Waals surface area contributed by atoms with Crippen LogP contribution in [-0.2, 0) is 13.6 Å². The molecule has 2 rings (SSSR count). The Labute approximate surface area is 112 Å². The highest BCUT2D eigenvalue weighted by molar-refractivity contribution is 6.03. The number of hydrogen-bond acceptors (Lipinski definition) is 3. The van der Waals surface area contributed by atoms with Gasteiger partial charge in [-0.05, 0) is 31.7 Å². The average molecular weight is 258 g/mol. The molecule has 19 heavy (non-hydrogen) atoms. The van der Waals surface area contributed by atoms with Crippen LogP contribution in [0.25, 0.3) is 0 Å². The van der Waals surface area contributed by atoms with Gasteiger partial charge in [-0.15, -0.1) is 0 Å². The zero-order chi connectivity index (χ0) is 13.8. The van der Waals surface area contributed by atoms with Gasteiger partial charge in [0.05, 0.1) is 0 Å². The first kappa shape index (κ1) is 13.3. The average Bonchev–Trinajstić information content (AvgIpc) is 2.72. The van der Waals surface area contributed by atoms with Crippen LogP contribution in [0.3, 0.4) is 0 Å². The summed E-state index contributed by atoms with van der Waals surface area (Å²) >= 11 is 0. The molecular weight excluding hydrogens is 240 g/mol. The lowest BCUT2D eigenvalue weighted by Crippen LogP contribution is -2.16. The molecule has 0 aliphatic heterocycles. The number of nitrogens with zero attached hydrogens (tertiary/aromatic N) is 2. The molecule has 5 heteroatoms. The highest BCUT2D eigenvalue weighted by atomic mass is 16.1. The van der Waals surface area contributed by atoms with E-state index in [1.54, 1.807) is 10.7 Å². The van der Waals surface area contributed by atoms with E-state index in [0.717, 1.165) is 16.9 Å². The van der Waals surface area contributed by atoms with E-state index in [9.17, 15) is 4.79 Å². The van der Waals surface area contributed by atoms with E-state index in [-0.39, 0.29) is 5.91 Å². The highest BCUT2D eigenvalue weighted by Crippen LogP contribution is 2.16. The molecule has 0 radical (unpaired) electrons. The van der Waals surface area contributed by atoms with Gasteiger partial charge in [0.25, 0.3) is 5.91 Å². The standard InChI is InChI=1S/C14H18N4O/c1-10-8-13(17-18(10)3)14(19)16-12-7-5-4-6-11(12)9-15-2/h4-8,15H,9H2,1-3H3,(H,16,19). The molecule has 2 N–H and O–H groups in total. The Hall–Kier alpha value is -2.14. The second-order valence-corrected chi connectivity index (χ2v) is 4.44. The Balaban J connectivity index is 2.19. The number of aromatic nitrogens is 2. The lowest BCUT2D eigenvalue weighted by molar-refractivity contribution is 0.102. The smallest absolute Gasteiger partial charge is 0.276 e. The lowest BCUT2D eigenvalue weighted by atomic mass is 10.1. The fourth-order valence-electron chi connectivity index (χ4n) is 1.84. The summed E-state index contributed by atoms with van der Waals surface area (Å²) in [6, 6.07) is 9.50. The Morgan fingerprint density at radius 3 is 2.74 bits per heavy atom. The van der Waals surface area contributed by atoms with E-state index in [2.05, 4.69) is 15.7 Å². The second-order valence-electron chi connectivity index (χ2n) is 4.44. The fraction of sp³-hybridized carbons (Fsp3) is 0.286. The Kier molecular flexibility index (Phi) is 3.97. The van der Waals surface area contributed by atoms with Crippen molar-refractivity contribution in [2.45, 2.75) is 13.5 Å². The second kappa shape index (κ2) is 5.67. The van der Waals surface area contributed by atoms with Crippen molar-refractivity contribution in [1.29, 1.82) is 0 Å². The van der Waals surface area contributed by atoms with Gasteiger partial charge in [0.1, 0.15) is 0 Å². The van der Waals surface area contributed by atoms with Gasteiger partial charge >= 0.3 is 0 Å². The van der Waals surface area contributed by atoms with Gasteiger partial charge < -0.3 is 10.6 Å². The predicted octanol–water partition coefficient (Wildman–Crippen LogP) is 1.70. The summed E-state index contributed by atoms with van der Waals surface area (Å²) in [5.41, 5.74) is 3.24. The Morgan fingerprint density at radius 1 is 1.37 bits per heavy atom. The SMILES string of the molecule is CNCc1ccccc1NC(=O)c1cc(C)n(C)n1. The highest BCUT2D eigenvalue weighted by Gasteiger charge is 2.12. The zero-order valence-corrected chi connectivity index (χ0v) is 11.4. The molecule has 0 aliphatic carbocycles. The van der Waals surface area contributed by atoms with E-state index in [0.29, 0.717) is 12.2 Å². The number of amides is 1. The van der Waals surface area contributed by atoms with Gasteiger partial charge in [-0.2, -0.15) is 5.10 Å². The van der Waals surface area contributed by atoms with Crippen molar-refractivity contribution < 1.29 is 4.79 Å². The molecule has 0 unspecified atom stereocenters. The van der Waals surface area contributed by atoms with Crippen LogP contribution in [0, 0.1) is 6.92 Å². The quantitative estimate of drug-likeness (QED) is 0.877. The van der Waals surface area contributed by atoms with E-state index in [4.69, 9.17) is 0 Å². The number of carbonyl (C=O) groups is 1. The number of hydrogen-bond donors (Lipinski definition) is 2. The van der Waals surface area contributed by atoms with E-state index < -0.39 is 0 Å². The lowest BCUT2D eigenvalue weighted by Gasteiger charge is -2.09. The fourth-order valence-corrected chi connectivity index (χ4v) is 1.84. The Morgan fingerprint density at radius 2 is 2.11 bits per heavy atom. The van der Waals surface area contributed by atoms with E-state index >= 15 is 0 Å². The topological polar surface area (TPSA) is 58.9 Å².